The van der Waals surface area contributed by atoms with Gasteiger partial charge in [-0.2, -0.15) is 0 Å². The van der Waals surface area contributed by atoms with E-state index >= 15 is 0 Å². The highest BCUT2D eigenvalue weighted by Crippen LogP contribution is 2.33. The Morgan fingerprint density at radius 2 is 2.17 bits per heavy atom. The number of hydrogen-bond acceptors (Lipinski definition) is 3. The van der Waals surface area contributed by atoms with Gasteiger partial charge in [-0.1, -0.05) is 6.92 Å². The molecule has 1 amide bonds. The summed E-state index contributed by atoms with van der Waals surface area (Å²) in [6, 6.07) is 3.63. The highest BCUT2D eigenvalue weighted by Gasteiger charge is 2.31. The van der Waals surface area contributed by atoms with Crippen molar-refractivity contribution < 1.29 is 4.79 Å². The summed E-state index contributed by atoms with van der Waals surface area (Å²) in [5.41, 5.74) is 6.53. The fourth-order valence-corrected chi connectivity index (χ4v) is 2.78. The average Bonchev–Trinajstić information content (AvgIpc) is 2.39. The van der Waals surface area contributed by atoms with E-state index in [4.69, 9.17) is 5.73 Å². The first-order valence-corrected chi connectivity index (χ1v) is 6.61. The second-order valence-corrected chi connectivity index (χ2v) is 5.22. The molecule has 4 heteroatoms. The largest absolute Gasteiger partial charge is 0.330 e. The van der Waals surface area contributed by atoms with E-state index in [-0.39, 0.29) is 11.8 Å². The van der Waals surface area contributed by atoms with Crippen molar-refractivity contribution in [3.63, 3.8) is 0 Å². The topological polar surface area (TPSA) is 68.0 Å². The zero-order valence-electron chi connectivity index (χ0n) is 10.8. The Morgan fingerprint density at radius 1 is 1.44 bits per heavy atom. The van der Waals surface area contributed by atoms with Crippen LogP contribution in [0.15, 0.2) is 24.5 Å². The monoisotopic (exact) mass is 247 g/mol. The zero-order valence-corrected chi connectivity index (χ0v) is 10.8. The molecule has 4 nitrogen and oxygen atoms in total. The van der Waals surface area contributed by atoms with Crippen molar-refractivity contribution in [2.75, 3.05) is 11.9 Å². The standard InChI is InChI=1S/C14H21N3O/c1-10-8-11(9-15)2-3-13(10)14(18)17-12-4-6-16-7-5-12/h4-7,10-11,13H,2-3,8-9,15H2,1H3,(H,16,17,18)/t10-,11+,13-/m1/s1. The van der Waals surface area contributed by atoms with E-state index < -0.39 is 0 Å². The lowest BCUT2D eigenvalue weighted by molar-refractivity contribution is -0.122. The molecule has 1 fully saturated rings. The van der Waals surface area contributed by atoms with Gasteiger partial charge in [-0.05, 0) is 49.8 Å². The summed E-state index contributed by atoms with van der Waals surface area (Å²) >= 11 is 0. The van der Waals surface area contributed by atoms with Crippen LogP contribution >= 0.6 is 0 Å². The molecule has 0 spiro atoms. The molecule has 0 radical (unpaired) electrons. The van der Waals surface area contributed by atoms with Crippen molar-refractivity contribution in [2.24, 2.45) is 23.5 Å². The summed E-state index contributed by atoms with van der Waals surface area (Å²) in [6.45, 7) is 2.89. The summed E-state index contributed by atoms with van der Waals surface area (Å²) in [5.74, 6) is 1.24. The fourth-order valence-electron chi connectivity index (χ4n) is 2.78. The number of pyridine rings is 1. The smallest absolute Gasteiger partial charge is 0.227 e. The first-order valence-electron chi connectivity index (χ1n) is 6.61. The van der Waals surface area contributed by atoms with Gasteiger partial charge in [0.2, 0.25) is 5.91 Å². The SMILES string of the molecule is C[C@@H]1C[C@@H](CN)CC[C@H]1C(=O)Nc1ccncc1. The molecule has 1 aromatic rings. The summed E-state index contributed by atoms with van der Waals surface area (Å²) < 4.78 is 0. The van der Waals surface area contributed by atoms with Crippen LogP contribution in [0, 0.1) is 17.8 Å². The molecule has 18 heavy (non-hydrogen) atoms. The molecule has 0 bridgehead atoms. The van der Waals surface area contributed by atoms with Crippen LogP contribution in [0.1, 0.15) is 26.2 Å². The molecule has 3 N–H and O–H groups in total. The molecule has 1 saturated carbocycles. The van der Waals surface area contributed by atoms with E-state index in [1.54, 1.807) is 12.4 Å². The van der Waals surface area contributed by atoms with Crippen LogP contribution in [0.4, 0.5) is 5.69 Å². The van der Waals surface area contributed by atoms with Crippen LogP contribution in [0.5, 0.6) is 0 Å². The van der Waals surface area contributed by atoms with Gasteiger partial charge in [0.15, 0.2) is 0 Å². The van der Waals surface area contributed by atoms with Crippen LogP contribution in [0.25, 0.3) is 0 Å². The van der Waals surface area contributed by atoms with Gasteiger partial charge < -0.3 is 11.1 Å². The average molecular weight is 247 g/mol. The van der Waals surface area contributed by atoms with Crippen LogP contribution in [-0.2, 0) is 4.79 Å². The lowest BCUT2D eigenvalue weighted by atomic mass is 9.74. The van der Waals surface area contributed by atoms with E-state index in [0.717, 1.165) is 31.5 Å². The summed E-state index contributed by atoms with van der Waals surface area (Å²) in [6.07, 6.45) is 6.44. The molecule has 1 aromatic heterocycles. The van der Waals surface area contributed by atoms with E-state index in [9.17, 15) is 4.79 Å². The Balaban J connectivity index is 1.94. The number of nitrogens with zero attached hydrogens (tertiary/aromatic N) is 1. The number of amides is 1. The third kappa shape index (κ3) is 3.07. The van der Waals surface area contributed by atoms with Crippen molar-refractivity contribution in [2.45, 2.75) is 26.2 Å². The van der Waals surface area contributed by atoms with Gasteiger partial charge in [-0.25, -0.2) is 0 Å². The maximum absolute atomic E-state index is 12.2. The molecule has 0 saturated heterocycles. The fraction of sp³-hybridized carbons (Fsp3) is 0.571. The van der Waals surface area contributed by atoms with E-state index in [2.05, 4.69) is 17.2 Å². The molecule has 1 aliphatic rings. The highest BCUT2D eigenvalue weighted by atomic mass is 16.1. The molecule has 3 atom stereocenters. The Labute approximate surface area is 108 Å². The first-order chi connectivity index (χ1) is 8.70. The molecule has 1 heterocycles. The second-order valence-electron chi connectivity index (χ2n) is 5.22. The van der Waals surface area contributed by atoms with E-state index in [0.29, 0.717) is 11.8 Å². The highest BCUT2D eigenvalue weighted by molar-refractivity contribution is 5.92. The normalized spacial score (nSPS) is 27.8. The molecular formula is C14H21N3O. The minimum atomic E-state index is 0.112. The molecule has 2 rings (SSSR count). The van der Waals surface area contributed by atoms with Crippen molar-refractivity contribution in [1.29, 1.82) is 0 Å². The van der Waals surface area contributed by atoms with E-state index in [1.807, 2.05) is 12.1 Å². The minimum absolute atomic E-state index is 0.112. The predicted molar refractivity (Wildman–Crippen MR) is 71.9 cm³/mol. The number of anilines is 1. The third-order valence-corrected chi connectivity index (χ3v) is 3.90. The Kier molecular flexibility index (Phi) is 4.31. The van der Waals surface area contributed by atoms with Crippen molar-refractivity contribution in [3.05, 3.63) is 24.5 Å². The second kappa shape index (κ2) is 5.96. The summed E-state index contributed by atoms with van der Waals surface area (Å²) in [7, 11) is 0. The van der Waals surface area contributed by atoms with Crippen molar-refractivity contribution in [3.8, 4) is 0 Å². The predicted octanol–water partition coefficient (Wildman–Crippen LogP) is 2.03. The maximum Gasteiger partial charge on any atom is 0.227 e. The lowest BCUT2D eigenvalue weighted by Gasteiger charge is -2.32. The molecule has 1 aliphatic carbocycles. The van der Waals surface area contributed by atoms with Crippen LogP contribution < -0.4 is 11.1 Å². The third-order valence-electron chi connectivity index (χ3n) is 3.90. The number of rotatable bonds is 3. The van der Waals surface area contributed by atoms with Crippen LogP contribution in [0.2, 0.25) is 0 Å². The number of nitrogens with two attached hydrogens (primary N) is 1. The van der Waals surface area contributed by atoms with Crippen LogP contribution in [-0.4, -0.2) is 17.4 Å². The van der Waals surface area contributed by atoms with Crippen molar-refractivity contribution in [1.82, 2.24) is 4.98 Å². The van der Waals surface area contributed by atoms with E-state index in [1.165, 1.54) is 0 Å². The van der Waals surface area contributed by atoms with Gasteiger partial charge in [-0.15, -0.1) is 0 Å². The Hall–Kier alpha value is -1.42. The minimum Gasteiger partial charge on any atom is -0.330 e. The number of hydrogen-bond donors (Lipinski definition) is 2. The molecule has 0 aromatic carbocycles. The maximum atomic E-state index is 12.2. The van der Waals surface area contributed by atoms with Gasteiger partial charge >= 0.3 is 0 Å². The van der Waals surface area contributed by atoms with Crippen molar-refractivity contribution >= 4 is 11.6 Å². The Bertz CT molecular complexity index is 393. The van der Waals surface area contributed by atoms with Gasteiger partial charge in [-0.3, -0.25) is 9.78 Å². The molecule has 0 aliphatic heterocycles. The number of nitrogens with one attached hydrogen (secondary N) is 1. The van der Waals surface area contributed by atoms with Gasteiger partial charge in [0.1, 0.15) is 0 Å². The number of carbonyl (C=O) groups excluding carboxylic acids is 1. The van der Waals surface area contributed by atoms with Gasteiger partial charge in [0, 0.05) is 24.0 Å². The first kappa shape index (κ1) is 13.0. The molecule has 98 valence electrons. The number of aromatic nitrogens is 1. The summed E-state index contributed by atoms with van der Waals surface area (Å²) in [4.78, 5) is 16.1. The molecule has 0 unspecified atom stereocenters. The molecular weight excluding hydrogens is 226 g/mol. The summed E-state index contributed by atoms with van der Waals surface area (Å²) in [5, 5.41) is 2.96. The van der Waals surface area contributed by atoms with Gasteiger partial charge in [0.05, 0.1) is 0 Å². The Morgan fingerprint density at radius 3 is 2.78 bits per heavy atom. The quantitative estimate of drug-likeness (QED) is 0.858. The lowest BCUT2D eigenvalue weighted by Crippen LogP contribution is -2.35. The van der Waals surface area contributed by atoms with Crippen LogP contribution in [0.3, 0.4) is 0 Å². The van der Waals surface area contributed by atoms with Gasteiger partial charge in [0.25, 0.3) is 0 Å². The number of carbonyl (C=O) groups is 1. The zero-order chi connectivity index (χ0) is 13.0.